The van der Waals surface area contributed by atoms with Crippen LogP contribution in [0.4, 0.5) is 0 Å². The third kappa shape index (κ3) is 5.51. The first-order chi connectivity index (χ1) is 16.1. The van der Waals surface area contributed by atoms with E-state index in [0.29, 0.717) is 29.8 Å². The van der Waals surface area contributed by atoms with Crippen LogP contribution in [0.15, 0.2) is 53.1 Å². The second-order valence-electron chi connectivity index (χ2n) is 8.27. The minimum atomic E-state index is 0.00474. The summed E-state index contributed by atoms with van der Waals surface area (Å²) >= 11 is 0. The highest BCUT2D eigenvalue weighted by Crippen LogP contribution is 2.31. The second-order valence-corrected chi connectivity index (χ2v) is 8.27. The predicted molar refractivity (Wildman–Crippen MR) is 124 cm³/mol. The van der Waals surface area contributed by atoms with Crippen LogP contribution in [0.25, 0.3) is 11.4 Å². The van der Waals surface area contributed by atoms with Gasteiger partial charge in [0.2, 0.25) is 17.6 Å². The van der Waals surface area contributed by atoms with Gasteiger partial charge in [0.05, 0.1) is 26.8 Å². The lowest BCUT2D eigenvalue weighted by Gasteiger charge is -2.30. The molecule has 0 unspecified atom stereocenters. The van der Waals surface area contributed by atoms with Crippen LogP contribution < -0.4 is 14.8 Å². The number of piperidine rings is 1. The number of ether oxygens (including phenoxy) is 2. The standard InChI is InChI=1S/C25H30N4O4/c1-17(18-7-5-4-6-8-18)26-25(30)19-11-13-29(14-12-19)16-23-27-24(28-33-23)20-9-10-21(31-2)22(15-20)32-3/h4-10,15,17,19H,11-14,16H2,1-3H3,(H,26,30)/t17-/m0/s1. The Balaban J connectivity index is 1.29. The molecule has 1 aromatic heterocycles. The van der Waals surface area contributed by atoms with Gasteiger partial charge in [0.15, 0.2) is 11.5 Å². The molecule has 8 nitrogen and oxygen atoms in total. The maximum absolute atomic E-state index is 12.7. The average Bonchev–Trinajstić information content (AvgIpc) is 3.33. The molecule has 1 aliphatic heterocycles. The first kappa shape index (κ1) is 22.8. The fraction of sp³-hybridized carbons (Fsp3) is 0.400. The van der Waals surface area contributed by atoms with Crippen LogP contribution in [0.3, 0.4) is 0 Å². The molecular weight excluding hydrogens is 420 g/mol. The molecule has 1 amide bonds. The highest BCUT2D eigenvalue weighted by molar-refractivity contribution is 5.79. The van der Waals surface area contributed by atoms with Gasteiger partial charge in [-0.15, -0.1) is 0 Å². The smallest absolute Gasteiger partial charge is 0.241 e. The van der Waals surface area contributed by atoms with Crippen molar-refractivity contribution in [2.45, 2.75) is 32.4 Å². The molecule has 0 spiro atoms. The molecule has 1 fully saturated rings. The molecule has 8 heteroatoms. The van der Waals surface area contributed by atoms with Crippen LogP contribution in [0.1, 0.15) is 37.3 Å². The molecule has 0 saturated carbocycles. The Hall–Kier alpha value is -3.39. The van der Waals surface area contributed by atoms with E-state index in [9.17, 15) is 4.79 Å². The van der Waals surface area contributed by atoms with Crippen LogP contribution in [0.2, 0.25) is 0 Å². The third-order valence-electron chi connectivity index (χ3n) is 6.09. The van der Waals surface area contributed by atoms with Gasteiger partial charge in [0.25, 0.3) is 0 Å². The molecule has 0 aliphatic carbocycles. The predicted octanol–water partition coefficient (Wildman–Crippen LogP) is 3.84. The zero-order chi connectivity index (χ0) is 23.2. The van der Waals surface area contributed by atoms with E-state index in [1.165, 1.54) is 0 Å². The van der Waals surface area contributed by atoms with E-state index in [-0.39, 0.29) is 17.9 Å². The number of nitrogens with one attached hydrogen (secondary N) is 1. The third-order valence-corrected chi connectivity index (χ3v) is 6.09. The molecule has 174 valence electrons. The van der Waals surface area contributed by atoms with E-state index in [1.807, 2.05) is 55.5 Å². The summed E-state index contributed by atoms with van der Waals surface area (Å²) in [6.07, 6.45) is 1.62. The van der Waals surface area contributed by atoms with Gasteiger partial charge >= 0.3 is 0 Å². The minimum absolute atomic E-state index is 0.00474. The van der Waals surface area contributed by atoms with Crippen molar-refractivity contribution in [2.24, 2.45) is 5.92 Å². The van der Waals surface area contributed by atoms with Gasteiger partial charge in [-0.2, -0.15) is 4.98 Å². The number of hydrogen-bond donors (Lipinski definition) is 1. The molecular formula is C25H30N4O4. The van der Waals surface area contributed by atoms with Gasteiger partial charge in [0, 0.05) is 11.5 Å². The van der Waals surface area contributed by atoms with Gasteiger partial charge in [-0.1, -0.05) is 35.5 Å². The molecule has 1 N–H and O–H groups in total. The van der Waals surface area contributed by atoms with Crippen LogP contribution in [-0.2, 0) is 11.3 Å². The summed E-state index contributed by atoms with van der Waals surface area (Å²) in [5, 5.41) is 7.27. The molecule has 0 radical (unpaired) electrons. The molecule has 2 heterocycles. The second kappa shape index (κ2) is 10.5. The summed E-state index contributed by atoms with van der Waals surface area (Å²) in [7, 11) is 3.19. The number of carbonyl (C=O) groups is 1. The molecule has 4 rings (SSSR count). The zero-order valence-corrected chi connectivity index (χ0v) is 19.3. The lowest BCUT2D eigenvalue weighted by Crippen LogP contribution is -2.40. The number of carbonyl (C=O) groups excluding carboxylic acids is 1. The summed E-state index contributed by atoms with van der Waals surface area (Å²) < 4.78 is 16.1. The SMILES string of the molecule is COc1ccc(-c2noc(CN3CCC(C(=O)N[C@@H](C)c4ccccc4)CC3)n2)cc1OC. The molecule has 0 bridgehead atoms. The van der Waals surface area contributed by atoms with E-state index in [0.717, 1.165) is 37.1 Å². The van der Waals surface area contributed by atoms with Crippen molar-refractivity contribution in [1.29, 1.82) is 0 Å². The van der Waals surface area contributed by atoms with Crippen LogP contribution >= 0.6 is 0 Å². The molecule has 1 atom stereocenters. The Morgan fingerprint density at radius 3 is 2.55 bits per heavy atom. The summed E-state index contributed by atoms with van der Waals surface area (Å²) in [5.74, 6) is 2.48. The van der Waals surface area contributed by atoms with E-state index < -0.39 is 0 Å². The van der Waals surface area contributed by atoms with E-state index in [4.69, 9.17) is 14.0 Å². The van der Waals surface area contributed by atoms with Crippen molar-refractivity contribution in [3.8, 4) is 22.9 Å². The summed E-state index contributed by atoms with van der Waals surface area (Å²) in [4.78, 5) is 19.5. The lowest BCUT2D eigenvalue weighted by molar-refractivity contribution is -0.127. The van der Waals surface area contributed by atoms with Crippen LogP contribution in [0, 0.1) is 5.92 Å². The Morgan fingerprint density at radius 2 is 1.85 bits per heavy atom. The Labute approximate surface area is 193 Å². The van der Waals surface area contributed by atoms with Crippen molar-refractivity contribution < 1.29 is 18.8 Å². The normalized spacial score (nSPS) is 15.7. The minimum Gasteiger partial charge on any atom is -0.493 e. The lowest BCUT2D eigenvalue weighted by atomic mass is 9.95. The Morgan fingerprint density at radius 1 is 1.12 bits per heavy atom. The topological polar surface area (TPSA) is 89.7 Å². The summed E-state index contributed by atoms with van der Waals surface area (Å²) in [6.45, 7) is 4.21. The molecule has 1 aliphatic rings. The van der Waals surface area contributed by atoms with E-state index in [2.05, 4.69) is 20.4 Å². The molecule has 33 heavy (non-hydrogen) atoms. The van der Waals surface area contributed by atoms with E-state index in [1.54, 1.807) is 14.2 Å². The van der Waals surface area contributed by atoms with Crippen LogP contribution in [-0.4, -0.2) is 48.3 Å². The van der Waals surface area contributed by atoms with Gasteiger partial charge in [-0.3, -0.25) is 9.69 Å². The number of rotatable bonds is 8. The quantitative estimate of drug-likeness (QED) is 0.558. The van der Waals surface area contributed by atoms with Gasteiger partial charge in [0.1, 0.15) is 0 Å². The fourth-order valence-corrected chi connectivity index (χ4v) is 4.11. The monoisotopic (exact) mass is 450 g/mol. The first-order valence-electron chi connectivity index (χ1n) is 11.2. The molecule has 1 saturated heterocycles. The number of amides is 1. The zero-order valence-electron chi connectivity index (χ0n) is 19.3. The maximum atomic E-state index is 12.7. The average molecular weight is 451 g/mol. The van der Waals surface area contributed by atoms with Gasteiger partial charge in [-0.05, 0) is 56.6 Å². The largest absolute Gasteiger partial charge is 0.493 e. The Bertz CT molecular complexity index is 1060. The number of aromatic nitrogens is 2. The van der Waals surface area contributed by atoms with Crippen molar-refractivity contribution in [1.82, 2.24) is 20.4 Å². The van der Waals surface area contributed by atoms with Gasteiger partial charge < -0.3 is 19.3 Å². The highest BCUT2D eigenvalue weighted by atomic mass is 16.5. The van der Waals surface area contributed by atoms with E-state index >= 15 is 0 Å². The van der Waals surface area contributed by atoms with Crippen molar-refractivity contribution >= 4 is 5.91 Å². The summed E-state index contributed by atoms with van der Waals surface area (Å²) in [5.41, 5.74) is 1.91. The number of benzene rings is 2. The number of likely N-dealkylation sites (tertiary alicyclic amines) is 1. The Kier molecular flexibility index (Phi) is 7.24. The summed E-state index contributed by atoms with van der Waals surface area (Å²) in [6, 6.07) is 15.6. The van der Waals surface area contributed by atoms with Crippen LogP contribution in [0.5, 0.6) is 11.5 Å². The van der Waals surface area contributed by atoms with Crippen molar-refractivity contribution in [3.63, 3.8) is 0 Å². The first-order valence-corrected chi connectivity index (χ1v) is 11.2. The number of methoxy groups -OCH3 is 2. The molecule has 3 aromatic rings. The fourth-order valence-electron chi connectivity index (χ4n) is 4.11. The molecule has 2 aromatic carbocycles. The number of nitrogens with zero attached hydrogens (tertiary/aromatic N) is 3. The van der Waals surface area contributed by atoms with Crippen molar-refractivity contribution in [3.05, 3.63) is 60.0 Å². The number of hydrogen-bond acceptors (Lipinski definition) is 7. The highest BCUT2D eigenvalue weighted by Gasteiger charge is 2.27. The van der Waals surface area contributed by atoms with Crippen molar-refractivity contribution in [2.75, 3.05) is 27.3 Å². The van der Waals surface area contributed by atoms with Gasteiger partial charge in [-0.25, -0.2) is 0 Å². The maximum Gasteiger partial charge on any atom is 0.241 e.